The van der Waals surface area contributed by atoms with Crippen LogP contribution in [0.2, 0.25) is 0 Å². The number of hydrogen-bond acceptors (Lipinski definition) is 3. The van der Waals surface area contributed by atoms with Gasteiger partial charge in [-0.1, -0.05) is 53.7 Å². The van der Waals surface area contributed by atoms with Gasteiger partial charge in [0, 0.05) is 11.3 Å². The van der Waals surface area contributed by atoms with Crippen molar-refractivity contribution < 1.29 is 4.39 Å². The maximum atomic E-state index is 12.8. The molecule has 3 nitrogen and oxygen atoms in total. The normalized spacial score (nSPS) is 10.8. The third kappa shape index (κ3) is 3.49. The first-order valence-electron chi connectivity index (χ1n) is 6.57. The van der Waals surface area contributed by atoms with Gasteiger partial charge in [0.2, 0.25) is 5.16 Å². The van der Waals surface area contributed by atoms with Crippen LogP contribution >= 0.6 is 11.8 Å². The van der Waals surface area contributed by atoms with E-state index in [4.69, 9.17) is 0 Å². The van der Waals surface area contributed by atoms with Crippen molar-refractivity contribution in [2.75, 3.05) is 0 Å². The number of hydrogen-bond donors (Lipinski definition) is 1. The summed E-state index contributed by atoms with van der Waals surface area (Å²) in [5, 5.41) is 7.84. The van der Waals surface area contributed by atoms with Gasteiger partial charge in [-0.25, -0.2) is 9.37 Å². The molecule has 0 aliphatic heterocycles. The van der Waals surface area contributed by atoms with Crippen LogP contribution in [0.3, 0.4) is 0 Å². The van der Waals surface area contributed by atoms with Crippen LogP contribution in [0.25, 0.3) is 11.4 Å². The number of H-pyrrole nitrogens is 1. The van der Waals surface area contributed by atoms with E-state index in [-0.39, 0.29) is 5.82 Å². The highest BCUT2D eigenvalue weighted by molar-refractivity contribution is 7.98. The van der Waals surface area contributed by atoms with Gasteiger partial charge in [0.1, 0.15) is 5.82 Å². The van der Waals surface area contributed by atoms with Gasteiger partial charge in [0.05, 0.1) is 0 Å². The van der Waals surface area contributed by atoms with Crippen LogP contribution in [0.15, 0.2) is 53.7 Å². The Balaban J connectivity index is 1.67. The largest absolute Gasteiger partial charge is 0.258 e. The molecule has 0 aliphatic carbocycles. The van der Waals surface area contributed by atoms with Gasteiger partial charge in [-0.2, -0.15) is 0 Å². The van der Waals surface area contributed by atoms with Crippen molar-refractivity contribution in [1.29, 1.82) is 0 Å². The fourth-order valence-corrected chi connectivity index (χ4v) is 2.63. The second kappa shape index (κ2) is 6.10. The predicted molar refractivity (Wildman–Crippen MR) is 82.5 cm³/mol. The fraction of sp³-hybridized carbons (Fsp3) is 0.125. The number of nitrogens with zero attached hydrogens (tertiary/aromatic N) is 2. The fourth-order valence-electron chi connectivity index (χ4n) is 1.88. The molecule has 1 N–H and O–H groups in total. The van der Waals surface area contributed by atoms with Crippen LogP contribution in [0.1, 0.15) is 11.1 Å². The Labute approximate surface area is 126 Å². The highest BCUT2D eigenvalue weighted by Crippen LogP contribution is 2.22. The van der Waals surface area contributed by atoms with Crippen LogP contribution in [-0.4, -0.2) is 15.2 Å². The standard InChI is InChI=1S/C16H14FN3S/c1-11-2-6-13(7-3-11)15-18-16(20-19-15)21-10-12-4-8-14(17)9-5-12/h2-9H,10H2,1H3,(H,18,19,20). The Bertz CT molecular complexity index is 720. The van der Waals surface area contributed by atoms with Crippen molar-refractivity contribution in [3.63, 3.8) is 0 Å². The lowest BCUT2D eigenvalue weighted by atomic mass is 10.1. The zero-order chi connectivity index (χ0) is 14.7. The molecular weight excluding hydrogens is 285 g/mol. The molecular formula is C16H14FN3S. The minimum Gasteiger partial charge on any atom is -0.258 e. The average molecular weight is 299 g/mol. The molecule has 21 heavy (non-hydrogen) atoms. The van der Waals surface area contributed by atoms with E-state index in [1.165, 1.54) is 29.5 Å². The summed E-state index contributed by atoms with van der Waals surface area (Å²) in [4.78, 5) is 4.47. The molecule has 0 spiro atoms. The van der Waals surface area contributed by atoms with Gasteiger partial charge in [-0.15, -0.1) is 5.10 Å². The molecule has 3 aromatic rings. The summed E-state index contributed by atoms with van der Waals surface area (Å²) in [6, 6.07) is 14.6. The minimum absolute atomic E-state index is 0.219. The summed E-state index contributed by atoms with van der Waals surface area (Å²) in [5.41, 5.74) is 3.27. The van der Waals surface area contributed by atoms with Crippen molar-refractivity contribution in [3.05, 3.63) is 65.5 Å². The molecule has 0 fully saturated rings. The quantitative estimate of drug-likeness (QED) is 0.734. The summed E-state index contributed by atoms with van der Waals surface area (Å²) in [6.07, 6.45) is 0. The molecule has 0 radical (unpaired) electrons. The van der Waals surface area contributed by atoms with Crippen molar-refractivity contribution in [2.45, 2.75) is 17.8 Å². The molecule has 1 heterocycles. The molecule has 2 aromatic carbocycles. The Hall–Kier alpha value is -2.14. The maximum absolute atomic E-state index is 12.8. The van der Waals surface area contributed by atoms with Crippen molar-refractivity contribution >= 4 is 11.8 Å². The number of rotatable bonds is 4. The van der Waals surface area contributed by atoms with E-state index in [0.29, 0.717) is 10.9 Å². The van der Waals surface area contributed by atoms with Crippen LogP contribution in [-0.2, 0) is 5.75 Å². The summed E-state index contributed by atoms with van der Waals surface area (Å²) in [7, 11) is 0. The van der Waals surface area contributed by atoms with E-state index in [2.05, 4.69) is 15.2 Å². The zero-order valence-corrected chi connectivity index (χ0v) is 12.3. The smallest absolute Gasteiger partial charge is 0.209 e. The van der Waals surface area contributed by atoms with Gasteiger partial charge in [0.15, 0.2) is 5.82 Å². The van der Waals surface area contributed by atoms with E-state index in [1.807, 2.05) is 31.2 Å². The van der Waals surface area contributed by atoms with Gasteiger partial charge in [-0.3, -0.25) is 5.10 Å². The monoisotopic (exact) mass is 299 g/mol. The van der Waals surface area contributed by atoms with E-state index in [1.54, 1.807) is 12.1 Å². The highest BCUT2D eigenvalue weighted by atomic mass is 32.2. The zero-order valence-electron chi connectivity index (χ0n) is 11.5. The Kier molecular flexibility index (Phi) is 4.01. The molecule has 1 aromatic heterocycles. The van der Waals surface area contributed by atoms with Gasteiger partial charge in [0.25, 0.3) is 0 Å². The highest BCUT2D eigenvalue weighted by Gasteiger charge is 2.06. The Morgan fingerprint density at radius 3 is 2.48 bits per heavy atom. The molecule has 5 heteroatoms. The molecule has 3 rings (SSSR count). The topological polar surface area (TPSA) is 41.6 Å². The minimum atomic E-state index is -0.219. The lowest BCUT2D eigenvalue weighted by molar-refractivity contribution is 0.627. The molecule has 106 valence electrons. The molecule has 0 aliphatic rings. The van der Waals surface area contributed by atoms with Gasteiger partial charge < -0.3 is 0 Å². The second-order valence-corrected chi connectivity index (χ2v) is 5.69. The molecule has 0 unspecified atom stereocenters. The van der Waals surface area contributed by atoms with Crippen molar-refractivity contribution in [2.24, 2.45) is 0 Å². The number of aryl methyl sites for hydroxylation is 1. The number of halogens is 1. The third-order valence-corrected chi connectivity index (χ3v) is 3.99. The van der Waals surface area contributed by atoms with E-state index in [9.17, 15) is 4.39 Å². The molecule has 0 amide bonds. The van der Waals surface area contributed by atoms with E-state index < -0.39 is 0 Å². The summed E-state index contributed by atoms with van der Waals surface area (Å²) >= 11 is 1.52. The van der Waals surface area contributed by atoms with Crippen LogP contribution < -0.4 is 0 Å². The lowest BCUT2D eigenvalue weighted by Gasteiger charge is -1.98. The first kappa shape index (κ1) is 13.8. The number of benzene rings is 2. The number of aromatic nitrogens is 3. The van der Waals surface area contributed by atoms with Crippen LogP contribution in [0.4, 0.5) is 4.39 Å². The summed E-state index contributed by atoms with van der Waals surface area (Å²) in [6.45, 7) is 2.05. The van der Waals surface area contributed by atoms with Crippen molar-refractivity contribution in [3.8, 4) is 11.4 Å². The Morgan fingerprint density at radius 2 is 1.76 bits per heavy atom. The van der Waals surface area contributed by atoms with Gasteiger partial charge >= 0.3 is 0 Å². The molecule has 0 atom stereocenters. The average Bonchev–Trinajstić information content (AvgIpc) is 2.96. The SMILES string of the molecule is Cc1ccc(-c2nc(SCc3ccc(F)cc3)n[nH]2)cc1. The first-order chi connectivity index (χ1) is 10.2. The predicted octanol–water partition coefficient (Wildman–Crippen LogP) is 4.21. The molecule has 0 bridgehead atoms. The second-order valence-electron chi connectivity index (χ2n) is 4.75. The molecule has 0 saturated heterocycles. The number of aromatic amines is 1. The lowest BCUT2D eigenvalue weighted by Crippen LogP contribution is -1.83. The van der Waals surface area contributed by atoms with E-state index in [0.717, 1.165) is 17.0 Å². The van der Waals surface area contributed by atoms with Crippen LogP contribution in [0, 0.1) is 12.7 Å². The summed E-state index contributed by atoms with van der Waals surface area (Å²) < 4.78 is 12.8. The maximum Gasteiger partial charge on any atom is 0.209 e. The number of thioether (sulfide) groups is 1. The Morgan fingerprint density at radius 1 is 1.05 bits per heavy atom. The van der Waals surface area contributed by atoms with Crippen molar-refractivity contribution in [1.82, 2.24) is 15.2 Å². The number of nitrogens with one attached hydrogen (secondary N) is 1. The van der Waals surface area contributed by atoms with Gasteiger partial charge in [-0.05, 0) is 24.6 Å². The first-order valence-corrected chi connectivity index (χ1v) is 7.56. The van der Waals surface area contributed by atoms with E-state index >= 15 is 0 Å². The summed E-state index contributed by atoms with van der Waals surface area (Å²) in [5.74, 6) is 1.26. The van der Waals surface area contributed by atoms with Crippen LogP contribution in [0.5, 0.6) is 0 Å². The third-order valence-electron chi connectivity index (χ3n) is 3.07. The molecule has 0 saturated carbocycles.